The van der Waals surface area contributed by atoms with Crippen LogP contribution in [0.25, 0.3) is 0 Å². The van der Waals surface area contributed by atoms with Gasteiger partial charge in [-0.15, -0.1) is 0 Å². The largest absolute Gasteiger partial charge is 0.481 e. The predicted molar refractivity (Wildman–Crippen MR) is 63.0 cm³/mol. The Hall–Kier alpha value is -1.27. The van der Waals surface area contributed by atoms with Crippen molar-refractivity contribution in [2.75, 3.05) is 0 Å². The summed E-state index contributed by atoms with van der Waals surface area (Å²) in [6.45, 7) is 0. The lowest BCUT2D eigenvalue weighted by molar-refractivity contribution is -0.209. The van der Waals surface area contributed by atoms with Gasteiger partial charge >= 0.3 is 12.1 Å². The van der Waals surface area contributed by atoms with E-state index in [4.69, 9.17) is 21.8 Å². The van der Waals surface area contributed by atoms with Crippen molar-refractivity contribution in [1.29, 1.82) is 0 Å². The van der Waals surface area contributed by atoms with E-state index in [1.54, 1.807) is 18.2 Å². The summed E-state index contributed by atoms with van der Waals surface area (Å²) in [6, 6.07) is 6.21. The Morgan fingerprint density at radius 2 is 2.00 bits per heavy atom. The smallest absolute Gasteiger partial charge is 0.414 e. The highest BCUT2D eigenvalue weighted by Crippen LogP contribution is 2.27. The highest BCUT2D eigenvalue weighted by Gasteiger charge is 2.40. The minimum absolute atomic E-state index is 0.122. The average molecular weight is 297 g/mol. The predicted octanol–water partition coefficient (Wildman–Crippen LogP) is 2.90. The number of hydrogen-bond donors (Lipinski definition) is 2. The Morgan fingerprint density at radius 1 is 1.37 bits per heavy atom. The molecule has 1 aromatic rings. The Bertz CT molecular complexity index is 448. The van der Waals surface area contributed by atoms with Crippen LogP contribution in [0, 0.1) is 5.92 Å². The zero-order chi connectivity index (χ0) is 14.6. The summed E-state index contributed by atoms with van der Waals surface area (Å²) in [5.74, 6) is -2.71. The first kappa shape index (κ1) is 15.8. The molecule has 3 nitrogen and oxygen atoms in total. The minimum atomic E-state index is -4.82. The molecule has 0 aliphatic heterocycles. The van der Waals surface area contributed by atoms with Gasteiger partial charge in [-0.25, -0.2) is 0 Å². The zero-order valence-corrected chi connectivity index (χ0v) is 10.4. The second-order valence-electron chi connectivity index (χ2n) is 4.16. The number of carboxylic acids is 1. The monoisotopic (exact) mass is 296 g/mol. The first-order valence-corrected chi connectivity index (χ1v) is 5.80. The molecule has 2 unspecified atom stereocenters. The minimum Gasteiger partial charge on any atom is -0.481 e. The number of hydrogen-bond acceptors (Lipinski definition) is 2. The van der Waals surface area contributed by atoms with Crippen LogP contribution in [0.1, 0.15) is 12.0 Å². The Balaban J connectivity index is 2.77. The van der Waals surface area contributed by atoms with Crippen LogP contribution >= 0.6 is 11.6 Å². The van der Waals surface area contributed by atoms with Crippen molar-refractivity contribution in [3.05, 3.63) is 34.9 Å². The average Bonchev–Trinajstić information content (AvgIpc) is 2.26. The SMILES string of the molecule is O=C(O)C(Cc1cccc(Cl)c1)CC(O)C(F)(F)F. The van der Waals surface area contributed by atoms with Gasteiger partial charge in [0.1, 0.15) is 0 Å². The molecule has 0 aromatic heterocycles. The molecule has 1 aromatic carbocycles. The zero-order valence-electron chi connectivity index (χ0n) is 9.69. The molecule has 2 atom stereocenters. The molecule has 0 fully saturated rings. The van der Waals surface area contributed by atoms with Gasteiger partial charge in [0.15, 0.2) is 6.10 Å². The number of aliphatic hydroxyl groups is 1. The molecular weight excluding hydrogens is 285 g/mol. The van der Waals surface area contributed by atoms with E-state index in [0.29, 0.717) is 10.6 Å². The van der Waals surface area contributed by atoms with Gasteiger partial charge in [0, 0.05) is 5.02 Å². The molecule has 1 rings (SSSR count). The molecule has 2 N–H and O–H groups in total. The quantitative estimate of drug-likeness (QED) is 0.878. The molecule has 7 heteroatoms. The van der Waals surface area contributed by atoms with Gasteiger partial charge in [-0.1, -0.05) is 23.7 Å². The number of rotatable bonds is 5. The van der Waals surface area contributed by atoms with Gasteiger partial charge in [-0.05, 0) is 30.5 Å². The second-order valence-corrected chi connectivity index (χ2v) is 4.60. The first-order valence-electron chi connectivity index (χ1n) is 5.42. The standard InChI is InChI=1S/C12H12ClF3O3/c13-9-3-1-2-7(5-9)4-8(11(18)19)6-10(17)12(14,15)16/h1-3,5,8,10,17H,4,6H2,(H,18,19). The Labute approximate surface area is 112 Å². The van der Waals surface area contributed by atoms with Crippen LogP contribution in [0.5, 0.6) is 0 Å². The first-order chi connectivity index (χ1) is 8.70. The van der Waals surface area contributed by atoms with Gasteiger partial charge in [-0.2, -0.15) is 13.2 Å². The third-order valence-corrected chi connectivity index (χ3v) is 2.84. The van der Waals surface area contributed by atoms with Crippen molar-refractivity contribution in [2.45, 2.75) is 25.1 Å². The molecule has 0 spiro atoms. The summed E-state index contributed by atoms with van der Waals surface area (Å²) >= 11 is 5.71. The van der Waals surface area contributed by atoms with Gasteiger partial charge in [0.05, 0.1) is 5.92 Å². The maximum atomic E-state index is 12.2. The maximum absolute atomic E-state index is 12.2. The topological polar surface area (TPSA) is 57.5 Å². The molecule has 0 aliphatic carbocycles. The van der Waals surface area contributed by atoms with Crippen LogP contribution in [-0.2, 0) is 11.2 Å². The van der Waals surface area contributed by atoms with Crippen LogP contribution in [0.3, 0.4) is 0 Å². The lowest BCUT2D eigenvalue weighted by atomic mass is 9.93. The Kier molecular flexibility index (Phi) is 5.20. The molecule has 0 radical (unpaired) electrons. The molecule has 0 bridgehead atoms. The number of benzene rings is 1. The lowest BCUT2D eigenvalue weighted by Gasteiger charge is -2.19. The molecule has 19 heavy (non-hydrogen) atoms. The number of alkyl halides is 3. The highest BCUT2D eigenvalue weighted by atomic mass is 35.5. The van der Waals surface area contributed by atoms with Crippen LogP contribution in [-0.4, -0.2) is 28.5 Å². The molecule has 0 aliphatic rings. The third kappa shape index (κ3) is 5.08. The summed E-state index contributed by atoms with van der Waals surface area (Å²) < 4.78 is 36.6. The summed E-state index contributed by atoms with van der Waals surface area (Å²) in [5, 5.41) is 18.2. The number of halogens is 4. The summed E-state index contributed by atoms with van der Waals surface area (Å²) in [5.41, 5.74) is 0.509. The number of carboxylic acid groups (broad SMARTS) is 1. The van der Waals surface area contributed by atoms with Crippen molar-refractivity contribution in [3.8, 4) is 0 Å². The normalized spacial score (nSPS) is 15.0. The fourth-order valence-corrected chi connectivity index (χ4v) is 1.84. The van der Waals surface area contributed by atoms with Crippen molar-refractivity contribution < 1.29 is 28.2 Å². The van der Waals surface area contributed by atoms with Crippen molar-refractivity contribution in [1.82, 2.24) is 0 Å². The van der Waals surface area contributed by atoms with Crippen molar-refractivity contribution >= 4 is 17.6 Å². The van der Waals surface area contributed by atoms with Crippen molar-refractivity contribution in [3.63, 3.8) is 0 Å². The van der Waals surface area contributed by atoms with Crippen LogP contribution in [0.4, 0.5) is 13.2 Å². The number of aliphatic carboxylic acids is 1. The van der Waals surface area contributed by atoms with Crippen molar-refractivity contribution in [2.24, 2.45) is 5.92 Å². The molecule has 106 valence electrons. The van der Waals surface area contributed by atoms with E-state index in [1.807, 2.05) is 0 Å². The summed E-state index contributed by atoms with van der Waals surface area (Å²) in [6.07, 6.45) is -8.47. The van der Waals surface area contributed by atoms with E-state index >= 15 is 0 Å². The summed E-state index contributed by atoms with van der Waals surface area (Å²) in [7, 11) is 0. The van der Waals surface area contributed by atoms with Crippen LogP contribution in [0.15, 0.2) is 24.3 Å². The van der Waals surface area contributed by atoms with E-state index in [1.165, 1.54) is 6.07 Å². The molecule has 0 saturated heterocycles. The number of aliphatic hydroxyl groups excluding tert-OH is 1. The highest BCUT2D eigenvalue weighted by molar-refractivity contribution is 6.30. The van der Waals surface area contributed by atoms with Crippen LogP contribution < -0.4 is 0 Å². The van der Waals surface area contributed by atoms with Gasteiger partial charge < -0.3 is 10.2 Å². The van der Waals surface area contributed by atoms with E-state index in [0.717, 1.165) is 0 Å². The van der Waals surface area contributed by atoms with Gasteiger partial charge in [0.2, 0.25) is 0 Å². The summed E-state index contributed by atoms with van der Waals surface area (Å²) in [4.78, 5) is 10.9. The molecule has 0 heterocycles. The van der Waals surface area contributed by atoms with Gasteiger partial charge in [-0.3, -0.25) is 4.79 Å². The fourth-order valence-electron chi connectivity index (χ4n) is 1.62. The maximum Gasteiger partial charge on any atom is 0.414 e. The van der Waals surface area contributed by atoms with E-state index in [-0.39, 0.29) is 6.42 Å². The van der Waals surface area contributed by atoms with Gasteiger partial charge in [0.25, 0.3) is 0 Å². The molecule has 0 amide bonds. The molecular formula is C12H12ClF3O3. The van der Waals surface area contributed by atoms with Crippen LogP contribution in [0.2, 0.25) is 5.02 Å². The Morgan fingerprint density at radius 3 is 2.47 bits per heavy atom. The third-order valence-electron chi connectivity index (χ3n) is 2.61. The fraction of sp³-hybridized carbons (Fsp3) is 0.417. The number of carbonyl (C=O) groups is 1. The van der Waals surface area contributed by atoms with E-state index in [2.05, 4.69) is 0 Å². The van der Waals surface area contributed by atoms with E-state index in [9.17, 15) is 18.0 Å². The second kappa shape index (κ2) is 6.25. The van der Waals surface area contributed by atoms with E-state index < -0.39 is 30.6 Å². The molecule has 0 saturated carbocycles. The lowest BCUT2D eigenvalue weighted by Crippen LogP contribution is -2.33.